The van der Waals surface area contributed by atoms with E-state index in [0.717, 1.165) is 11.0 Å². The lowest BCUT2D eigenvalue weighted by atomic mass is 10.1. The van der Waals surface area contributed by atoms with E-state index >= 15 is 0 Å². The van der Waals surface area contributed by atoms with Gasteiger partial charge in [-0.3, -0.25) is 4.57 Å². The molecule has 11 heteroatoms. The topological polar surface area (TPSA) is 111 Å². The van der Waals surface area contributed by atoms with Gasteiger partial charge in [-0.1, -0.05) is 27.4 Å². The zero-order valence-electron chi connectivity index (χ0n) is 22.7. The number of aromatic nitrogens is 3. The van der Waals surface area contributed by atoms with Gasteiger partial charge in [-0.25, -0.2) is 9.97 Å². The Morgan fingerprint density at radius 1 is 1.17 bits per heavy atom. The number of hydrogen-bond acceptors (Lipinski definition) is 8. The summed E-state index contributed by atoms with van der Waals surface area (Å²) in [4.78, 5) is 8.53. The molecule has 0 amide bonds. The van der Waals surface area contributed by atoms with Crippen LogP contribution in [0.15, 0.2) is 30.7 Å². The highest BCUT2D eigenvalue weighted by Crippen LogP contribution is 2.50. The van der Waals surface area contributed by atoms with Gasteiger partial charge in [-0.15, -0.1) is 0 Å². The van der Waals surface area contributed by atoms with Crippen LogP contribution in [0.1, 0.15) is 54.5 Å². The van der Waals surface area contributed by atoms with Gasteiger partial charge in [0.15, 0.2) is 8.32 Å². The first-order valence-corrected chi connectivity index (χ1v) is 16.6. The fourth-order valence-electron chi connectivity index (χ4n) is 3.25. The lowest BCUT2D eigenvalue weighted by Crippen LogP contribution is -2.42. The van der Waals surface area contributed by atoms with Crippen LogP contribution in [0, 0.1) is 0 Å². The Labute approximate surface area is 211 Å². The first kappa shape index (κ1) is 29.7. The SMILES string of the molecule is C=C(COCP(=O)(OC(C)C)OC(C)C)C(CO[Si](C)(C)C(C)(C)C)n1ccc2c(N)ncnc21. The summed E-state index contributed by atoms with van der Waals surface area (Å²) in [5, 5.41) is 0.814. The summed E-state index contributed by atoms with van der Waals surface area (Å²) >= 11 is 0. The monoisotopic (exact) mass is 526 g/mol. The molecule has 2 aromatic heterocycles. The maximum absolute atomic E-state index is 13.1. The van der Waals surface area contributed by atoms with Gasteiger partial charge in [-0.2, -0.15) is 0 Å². The Bertz CT molecular complexity index is 1030. The molecule has 0 saturated carbocycles. The van der Waals surface area contributed by atoms with Gasteiger partial charge in [-0.05, 0) is 57.5 Å². The molecule has 35 heavy (non-hydrogen) atoms. The van der Waals surface area contributed by atoms with E-state index in [1.165, 1.54) is 6.33 Å². The molecule has 198 valence electrons. The molecule has 0 radical (unpaired) electrons. The lowest BCUT2D eigenvalue weighted by Gasteiger charge is -2.37. The molecule has 9 nitrogen and oxygen atoms in total. The highest BCUT2D eigenvalue weighted by Gasteiger charge is 2.38. The van der Waals surface area contributed by atoms with Crippen molar-refractivity contribution in [3.63, 3.8) is 0 Å². The number of fused-ring (bicyclic) bond motifs is 1. The van der Waals surface area contributed by atoms with Gasteiger partial charge >= 0.3 is 7.60 Å². The number of nitrogens with zero attached hydrogens (tertiary/aromatic N) is 3. The van der Waals surface area contributed by atoms with Crippen molar-refractivity contribution in [1.82, 2.24) is 14.5 Å². The predicted molar refractivity (Wildman–Crippen MR) is 144 cm³/mol. The van der Waals surface area contributed by atoms with E-state index in [0.29, 0.717) is 18.1 Å². The molecule has 0 aliphatic rings. The minimum atomic E-state index is -3.42. The Morgan fingerprint density at radius 3 is 2.31 bits per heavy atom. The van der Waals surface area contributed by atoms with E-state index in [2.05, 4.69) is 50.4 Å². The molecule has 2 N–H and O–H groups in total. The van der Waals surface area contributed by atoms with Gasteiger partial charge in [0.25, 0.3) is 0 Å². The van der Waals surface area contributed by atoms with E-state index in [1.54, 1.807) is 0 Å². The van der Waals surface area contributed by atoms with Crippen molar-refractivity contribution in [2.45, 2.75) is 84.8 Å². The number of anilines is 1. The van der Waals surface area contributed by atoms with Gasteiger partial charge in [0.2, 0.25) is 0 Å². The van der Waals surface area contributed by atoms with E-state index in [4.69, 9.17) is 23.9 Å². The maximum atomic E-state index is 13.1. The zero-order valence-corrected chi connectivity index (χ0v) is 24.6. The molecule has 0 aromatic carbocycles. The number of nitrogens with two attached hydrogens (primary N) is 1. The Morgan fingerprint density at radius 2 is 1.77 bits per heavy atom. The summed E-state index contributed by atoms with van der Waals surface area (Å²) in [5.41, 5.74) is 7.50. The quantitative estimate of drug-likeness (QED) is 0.188. The van der Waals surface area contributed by atoms with Crippen molar-refractivity contribution in [3.8, 4) is 0 Å². The van der Waals surface area contributed by atoms with Gasteiger partial charge < -0.3 is 28.5 Å². The summed E-state index contributed by atoms with van der Waals surface area (Å²) in [7, 11) is -5.46. The fraction of sp³-hybridized carbons (Fsp3) is 0.667. The lowest BCUT2D eigenvalue weighted by molar-refractivity contribution is 0.103. The molecule has 1 unspecified atom stereocenters. The van der Waals surface area contributed by atoms with Crippen molar-refractivity contribution in [2.24, 2.45) is 0 Å². The van der Waals surface area contributed by atoms with Crippen LogP contribution in [0.5, 0.6) is 0 Å². The molecule has 0 fully saturated rings. The average molecular weight is 527 g/mol. The van der Waals surface area contributed by atoms with E-state index in [1.807, 2.05) is 44.5 Å². The molecule has 0 aliphatic heterocycles. The fourth-order valence-corrected chi connectivity index (χ4v) is 6.03. The predicted octanol–water partition coefficient (Wildman–Crippen LogP) is 6.15. The molecule has 1 atom stereocenters. The average Bonchev–Trinajstić information content (AvgIpc) is 3.11. The molecule has 0 saturated heterocycles. The van der Waals surface area contributed by atoms with Crippen LogP contribution >= 0.6 is 7.60 Å². The zero-order chi connectivity index (χ0) is 26.6. The number of hydrogen-bond donors (Lipinski definition) is 1. The normalized spacial score (nSPS) is 14.3. The second kappa shape index (κ2) is 11.7. The number of rotatable bonds is 13. The molecular formula is C24H43N4O5PSi. The van der Waals surface area contributed by atoms with E-state index in [-0.39, 0.29) is 36.2 Å². The standard InChI is InChI=1S/C24H43N4O5PSi/c1-17(2)32-34(29,33-18(3)4)16-30-13-19(5)21(14-31-35(9,10)24(6,7)8)28-12-11-20-22(25)26-15-27-23(20)28/h11-12,15,17-18,21H,5,13-14,16H2,1-4,6-10H3,(H2,25,26,27). The van der Waals surface area contributed by atoms with Crippen LogP contribution < -0.4 is 5.73 Å². The third kappa shape index (κ3) is 7.97. The maximum Gasteiger partial charge on any atom is 0.356 e. The third-order valence-corrected chi connectivity index (χ3v) is 12.5. The Balaban J connectivity index is 2.26. The largest absolute Gasteiger partial charge is 0.414 e. The van der Waals surface area contributed by atoms with Gasteiger partial charge in [0.1, 0.15) is 24.1 Å². The molecule has 2 heterocycles. The third-order valence-electron chi connectivity index (χ3n) is 6.04. The van der Waals surface area contributed by atoms with Crippen LogP contribution in [-0.4, -0.2) is 54.6 Å². The summed E-state index contributed by atoms with van der Waals surface area (Å²) in [6, 6.07) is 1.62. The molecule has 2 rings (SSSR count). The second-order valence-corrected chi connectivity index (χ2v) is 17.6. The van der Waals surface area contributed by atoms with Crippen molar-refractivity contribution < 1.29 is 22.8 Å². The summed E-state index contributed by atoms with van der Waals surface area (Å²) in [6.45, 7) is 23.1. The highest BCUT2D eigenvalue weighted by atomic mass is 31.2. The van der Waals surface area contributed by atoms with Crippen LogP contribution in [-0.2, 0) is 22.8 Å². The van der Waals surface area contributed by atoms with Gasteiger partial charge in [0, 0.05) is 6.20 Å². The minimum absolute atomic E-state index is 0.0513. The van der Waals surface area contributed by atoms with Crippen molar-refractivity contribution >= 4 is 32.8 Å². The molecule has 0 bridgehead atoms. The number of ether oxygens (including phenoxy) is 1. The van der Waals surface area contributed by atoms with E-state index < -0.39 is 15.9 Å². The molecule has 0 spiro atoms. The molecular weight excluding hydrogens is 483 g/mol. The molecule has 2 aromatic rings. The van der Waals surface area contributed by atoms with Crippen molar-refractivity contribution in [3.05, 3.63) is 30.7 Å². The van der Waals surface area contributed by atoms with Crippen LogP contribution in [0.2, 0.25) is 18.1 Å². The highest BCUT2D eigenvalue weighted by molar-refractivity contribution is 7.53. The minimum Gasteiger partial charge on any atom is -0.414 e. The second-order valence-electron chi connectivity index (χ2n) is 10.9. The Hall–Kier alpha value is -1.55. The smallest absolute Gasteiger partial charge is 0.356 e. The summed E-state index contributed by atoms with van der Waals surface area (Å²) < 4.78 is 38.7. The summed E-state index contributed by atoms with van der Waals surface area (Å²) in [6.07, 6.45) is 2.68. The molecule has 0 aliphatic carbocycles. The first-order valence-electron chi connectivity index (χ1n) is 12.0. The van der Waals surface area contributed by atoms with Crippen molar-refractivity contribution in [2.75, 3.05) is 25.3 Å². The van der Waals surface area contributed by atoms with Crippen LogP contribution in [0.3, 0.4) is 0 Å². The van der Waals surface area contributed by atoms with Crippen molar-refractivity contribution in [1.29, 1.82) is 0 Å². The van der Waals surface area contributed by atoms with Crippen LogP contribution in [0.4, 0.5) is 5.82 Å². The summed E-state index contributed by atoms with van der Waals surface area (Å²) in [5.74, 6) is 0.414. The van der Waals surface area contributed by atoms with Crippen LogP contribution in [0.25, 0.3) is 11.0 Å². The Kier molecular flexibility index (Phi) is 9.89. The first-order chi connectivity index (χ1) is 16.1. The number of nitrogen functional groups attached to an aromatic ring is 1. The van der Waals surface area contributed by atoms with Gasteiger partial charge in [0.05, 0.1) is 36.8 Å². The van der Waals surface area contributed by atoms with E-state index in [9.17, 15) is 4.57 Å².